The van der Waals surface area contributed by atoms with E-state index in [1.54, 1.807) is 14.7 Å². The van der Waals surface area contributed by atoms with Crippen molar-refractivity contribution in [2.24, 2.45) is 5.73 Å². The molecule has 0 rings (SSSR count). The van der Waals surface area contributed by atoms with Gasteiger partial charge in [-0.25, -0.2) is 0 Å². The highest BCUT2D eigenvalue weighted by Gasteiger charge is 2.27. The third-order valence-corrected chi connectivity index (χ3v) is 12.7. The number of nitrogens with two attached hydrogens (primary N) is 1. The van der Waals surface area contributed by atoms with Crippen LogP contribution in [0.1, 0.15) is 240 Å². The fourth-order valence-electron chi connectivity index (χ4n) is 8.40. The minimum atomic E-state index is -0.573. The molecule has 12 nitrogen and oxygen atoms in total. The summed E-state index contributed by atoms with van der Waals surface area (Å²) in [5, 5.41) is 12.4. The molecule has 0 aromatic carbocycles. The van der Waals surface area contributed by atoms with Gasteiger partial charge in [0.05, 0.1) is 32.7 Å². The van der Waals surface area contributed by atoms with Crippen molar-refractivity contribution in [1.82, 2.24) is 24.9 Å². The van der Waals surface area contributed by atoms with Crippen molar-refractivity contribution in [2.75, 3.05) is 72.1 Å². The van der Waals surface area contributed by atoms with Crippen LogP contribution in [0.5, 0.6) is 0 Å². The highest BCUT2D eigenvalue weighted by atomic mass is 16.3. The lowest BCUT2D eigenvalue weighted by molar-refractivity contribution is -0.146. The smallest absolute Gasteiger partial charge is 0.242 e. The Hall–Kier alpha value is -2.73. The number of hydrogen-bond acceptors (Lipinski definition) is 7. The summed E-state index contributed by atoms with van der Waals surface area (Å²) in [7, 11) is 0. The number of carbonyl (C=O) groups is 5. The lowest BCUT2D eigenvalue weighted by Crippen LogP contribution is -2.51. The second-order valence-corrected chi connectivity index (χ2v) is 18.9. The van der Waals surface area contributed by atoms with E-state index in [0.29, 0.717) is 39.1 Å². The van der Waals surface area contributed by atoms with Crippen LogP contribution in [0.4, 0.5) is 0 Å². The van der Waals surface area contributed by atoms with Gasteiger partial charge < -0.3 is 35.8 Å². The summed E-state index contributed by atoms with van der Waals surface area (Å²) in [5.41, 5.74) is 5.64. The highest BCUT2D eigenvalue weighted by molar-refractivity contribution is 5.91. The number of primary amides is 1. The first-order valence-corrected chi connectivity index (χ1v) is 27.4. The van der Waals surface area contributed by atoms with Crippen molar-refractivity contribution in [3.8, 4) is 0 Å². The van der Waals surface area contributed by atoms with Crippen LogP contribution >= 0.6 is 0 Å². The molecule has 0 aromatic rings. The van der Waals surface area contributed by atoms with Crippen LogP contribution in [0, 0.1) is 0 Å². The number of aliphatic hydroxyl groups is 1. The maximum absolute atomic E-state index is 14.4. The van der Waals surface area contributed by atoms with Crippen LogP contribution in [0.2, 0.25) is 0 Å². The molecule has 0 fully saturated rings. The van der Waals surface area contributed by atoms with Gasteiger partial charge in [0, 0.05) is 32.8 Å². The van der Waals surface area contributed by atoms with Crippen LogP contribution in [0.15, 0.2) is 0 Å². The maximum atomic E-state index is 14.4. The quantitative estimate of drug-likeness (QED) is 0.0513. The number of carbonyl (C=O) groups excluding carboxylic acids is 5. The van der Waals surface area contributed by atoms with Gasteiger partial charge >= 0.3 is 0 Å². The number of rotatable bonds is 49. The van der Waals surface area contributed by atoms with Crippen LogP contribution in [0.3, 0.4) is 0 Å². The molecular weight excluding hydrogens is 817 g/mol. The topological polar surface area (TPSA) is 157 Å². The normalized spacial score (nSPS) is 11.2. The molecule has 0 aliphatic carbocycles. The zero-order valence-corrected chi connectivity index (χ0v) is 43.0. The highest BCUT2D eigenvalue weighted by Crippen LogP contribution is 2.14. The lowest BCUT2D eigenvalue weighted by atomic mass is 10.1. The number of amides is 5. The standard InChI is InChI=1S/C53H104N6O6/c1-5-9-13-17-21-25-29-33-39-56(45-49(54)61)51(63)47-58(41-35-31-27-23-19-15-11-7-3)53(65)48-59(42-36-32-28-24-20-16-12-8-4)52(64)46-57(50(62)44-55-38-37-43-60)40-34-30-26-22-18-14-10-6-2/h55,60H,5-48H2,1-4H3,(H2,54,61). The molecule has 0 bridgehead atoms. The van der Waals surface area contributed by atoms with E-state index < -0.39 is 5.91 Å². The third kappa shape index (κ3) is 38.0. The zero-order chi connectivity index (χ0) is 48.0. The molecule has 12 heteroatoms. The molecule has 0 unspecified atom stereocenters. The van der Waals surface area contributed by atoms with E-state index in [9.17, 15) is 29.1 Å². The summed E-state index contributed by atoms with van der Waals surface area (Å²) < 4.78 is 0. The summed E-state index contributed by atoms with van der Waals surface area (Å²) in [6.45, 7) is 10.5. The van der Waals surface area contributed by atoms with Crippen molar-refractivity contribution >= 4 is 29.5 Å². The first-order valence-electron chi connectivity index (χ1n) is 27.4. The second-order valence-electron chi connectivity index (χ2n) is 18.9. The monoisotopic (exact) mass is 921 g/mol. The van der Waals surface area contributed by atoms with Gasteiger partial charge in [-0.2, -0.15) is 0 Å². The summed E-state index contributed by atoms with van der Waals surface area (Å²) in [5.74, 6) is -1.57. The molecule has 0 heterocycles. The first kappa shape index (κ1) is 62.3. The second kappa shape index (κ2) is 46.4. The van der Waals surface area contributed by atoms with Gasteiger partial charge in [-0.05, 0) is 38.6 Å². The average Bonchev–Trinajstić information content (AvgIpc) is 3.29. The molecule has 0 aliphatic rings. The Balaban J connectivity index is 6.19. The summed E-state index contributed by atoms with van der Waals surface area (Å²) in [4.78, 5) is 74.9. The number of hydrogen-bond donors (Lipinski definition) is 3. The molecule has 0 spiro atoms. The molecule has 0 aliphatic heterocycles. The molecule has 0 aromatic heterocycles. The SMILES string of the molecule is CCCCCCCCCCN(CC(N)=O)C(=O)CN(CCCCCCCCCC)C(=O)CN(CCCCCCCCCC)C(=O)CN(CCCCCCCCCC)C(=O)CNCCCO. The Kier molecular flexibility index (Phi) is 44.4. The van der Waals surface area contributed by atoms with Crippen molar-refractivity contribution in [3.63, 3.8) is 0 Å². The van der Waals surface area contributed by atoms with E-state index in [-0.39, 0.29) is 63.0 Å². The van der Waals surface area contributed by atoms with Crippen molar-refractivity contribution in [2.45, 2.75) is 240 Å². The molecule has 0 saturated carbocycles. The largest absolute Gasteiger partial charge is 0.396 e. The Morgan fingerprint density at radius 3 is 0.862 bits per heavy atom. The van der Waals surface area contributed by atoms with E-state index in [2.05, 4.69) is 33.0 Å². The maximum Gasteiger partial charge on any atom is 0.242 e. The predicted molar refractivity (Wildman–Crippen MR) is 271 cm³/mol. The molecular formula is C53H104N6O6. The number of aliphatic hydroxyl groups excluding tert-OH is 1. The van der Waals surface area contributed by atoms with Crippen molar-refractivity contribution in [1.29, 1.82) is 0 Å². The third-order valence-electron chi connectivity index (χ3n) is 12.7. The molecule has 0 atom stereocenters. The van der Waals surface area contributed by atoms with E-state index in [1.807, 2.05) is 0 Å². The fraction of sp³-hybridized carbons (Fsp3) is 0.906. The van der Waals surface area contributed by atoms with E-state index in [0.717, 1.165) is 96.3 Å². The number of unbranched alkanes of at least 4 members (excludes halogenated alkanes) is 28. The fourth-order valence-corrected chi connectivity index (χ4v) is 8.40. The Morgan fingerprint density at radius 1 is 0.354 bits per heavy atom. The molecule has 65 heavy (non-hydrogen) atoms. The summed E-state index contributed by atoms with van der Waals surface area (Å²) in [6, 6.07) is 0. The average molecular weight is 921 g/mol. The number of nitrogens with zero attached hydrogens (tertiary/aromatic N) is 4. The van der Waals surface area contributed by atoms with E-state index in [4.69, 9.17) is 5.73 Å². The number of nitrogens with one attached hydrogen (secondary N) is 1. The molecule has 0 saturated heterocycles. The summed E-state index contributed by atoms with van der Waals surface area (Å²) in [6.07, 6.45) is 35.9. The van der Waals surface area contributed by atoms with Crippen LogP contribution in [-0.4, -0.2) is 126 Å². The molecule has 0 radical (unpaired) electrons. The van der Waals surface area contributed by atoms with Gasteiger partial charge in [0.15, 0.2) is 0 Å². The molecule has 382 valence electrons. The Morgan fingerprint density at radius 2 is 0.600 bits per heavy atom. The van der Waals surface area contributed by atoms with E-state index in [1.165, 1.54) is 114 Å². The minimum absolute atomic E-state index is 0.0352. The zero-order valence-electron chi connectivity index (χ0n) is 43.0. The Labute approximate surface area is 399 Å². The van der Waals surface area contributed by atoms with Crippen molar-refractivity contribution in [3.05, 3.63) is 0 Å². The van der Waals surface area contributed by atoms with Gasteiger partial charge in [0.1, 0.15) is 0 Å². The summed E-state index contributed by atoms with van der Waals surface area (Å²) >= 11 is 0. The van der Waals surface area contributed by atoms with Crippen LogP contribution < -0.4 is 11.1 Å². The van der Waals surface area contributed by atoms with Crippen LogP contribution in [-0.2, 0) is 24.0 Å². The van der Waals surface area contributed by atoms with Crippen molar-refractivity contribution < 1.29 is 29.1 Å². The lowest BCUT2D eigenvalue weighted by Gasteiger charge is -2.31. The minimum Gasteiger partial charge on any atom is -0.396 e. The van der Waals surface area contributed by atoms with Gasteiger partial charge in [0.2, 0.25) is 29.5 Å². The van der Waals surface area contributed by atoms with Gasteiger partial charge in [-0.3, -0.25) is 24.0 Å². The predicted octanol–water partition coefficient (Wildman–Crippen LogP) is 10.3. The Bertz CT molecular complexity index is 1160. The van der Waals surface area contributed by atoms with Crippen LogP contribution in [0.25, 0.3) is 0 Å². The van der Waals surface area contributed by atoms with E-state index >= 15 is 0 Å². The molecule has 4 N–H and O–H groups in total. The molecule has 5 amide bonds. The van der Waals surface area contributed by atoms with Gasteiger partial charge in [0.25, 0.3) is 0 Å². The first-order chi connectivity index (χ1) is 31.6. The van der Waals surface area contributed by atoms with Gasteiger partial charge in [-0.15, -0.1) is 0 Å². The van der Waals surface area contributed by atoms with Gasteiger partial charge in [-0.1, -0.05) is 207 Å².